The number of carbonyl (C=O) groups is 4. The number of ether oxygens (including phenoxy) is 3. The van der Waals surface area contributed by atoms with Crippen molar-refractivity contribution in [2.75, 3.05) is 6.61 Å². The van der Waals surface area contributed by atoms with Crippen LogP contribution in [0.1, 0.15) is 41.5 Å². The number of nitrogens with one attached hydrogen (secondary N) is 1. The van der Waals surface area contributed by atoms with E-state index in [4.69, 9.17) is 14.2 Å². The Kier molecular flexibility index (Phi) is 5.24. The molecule has 1 saturated heterocycles. The highest BCUT2D eigenvalue weighted by molar-refractivity contribution is 6.23. The predicted octanol–water partition coefficient (Wildman–Crippen LogP) is 0.438. The van der Waals surface area contributed by atoms with E-state index in [1.54, 1.807) is 32.9 Å². The van der Waals surface area contributed by atoms with Gasteiger partial charge in [0.05, 0.1) is 23.8 Å². The molecule has 2 heterocycles. The van der Waals surface area contributed by atoms with Gasteiger partial charge < -0.3 is 19.5 Å². The van der Waals surface area contributed by atoms with Crippen LogP contribution < -0.4 is 5.32 Å². The van der Waals surface area contributed by atoms with Gasteiger partial charge in [0.2, 0.25) is 6.41 Å². The van der Waals surface area contributed by atoms with Crippen LogP contribution in [0.2, 0.25) is 0 Å². The lowest BCUT2D eigenvalue weighted by atomic mass is 10.1. The zero-order chi connectivity index (χ0) is 19.7. The molecule has 2 aliphatic heterocycles. The number of amides is 3. The number of esters is 1. The summed E-state index contributed by atoms with van der Waals surface area (Å²) in [6.07, 6.45) is -2.99. The van der Waals surface area contributed by atoms with Gasteiger partial charge in [-0.25, -0.2) is 4.79 Å². The molecule has 0 aromatic heterocycles. The quantitative estimate of drug-likeness (QED) is 0.586. The lowest BCUT2D eigenvalue weighted by molar-refractivity contribution is -0.235. The minimum absolute atomic E-state index is 0.0465. The average molecular weight is 376 g/mol. The normalized spacial score (nSPS) is 24.8. The third-order valence-corrected chi connectivity index (χ3v) is 4.10. The molecule has 27 heavy (non-hydrogen) atoms. The van der Waals surface area contributed by atoms with Crippen molar-refractivity contribution in [3.05, 3.63) is 35.4 Å². The summed E-state index contributed by atoms with van der Waals surface area (Å²) < 4.78 is 15.9. The highest BCUT2D eigenvalue weighted by atomic mass is 16.7. The number of hydrogen-bond acceptors (Lipinski definition) is 7. The third-order valence-electron chi connectivity index (χ3n) is 4.10. The van der Waals surface area contributed by atoms with Gasteiger partial charge in [-0.05, 0) is 32.9 Å². The molecule has 1 fully saturated rings. The molecule has 0 radical (unpaired) electrons. The van der Waals surface area contributed by atoms with Crippen molar-refractivity contribution in [2.45, 2.75) is 45.4 Å². The van der Waals surface area contributed by atoms with Crippen LogP contribution in [-0.2, 0) is 23.8 Å². The Labute approximate surface area is 155 Å². The first-order valence-corrected chi connectivity index (χ1v) is 8.60. The SMILES string of the molecule is CCOC(=O)[C@@H]1O[C@@H](OC(C)C)NC(=O)[C@H]1N1C(=O)c2ccccc2C1=O. The number of carbonyl (C=O) groups excluding carboxylic acids is 4. The number of hydrogen-bond donors (Lipinski definition) is 1. The van der Waals surface area contributed by atoms with E-state index in [-0.39, 0.29) is 23.8 Å². The number of benzene rings is 1. The summed E-state index contributed by atoms with van der Waals surface area (Å²) in [5, 5.41) is 2.43. The van der Waals surface area contributed by atoms with Crippen molar-refractivity contribution < 1.29 is 33.4 Å². The molecule has 3 rings (SSSR count). The summed E-state index contributed by atoms with van der Waals surface area (Å²) >= 11 is 0. The summed E-state index contributed by atoms with van der Waals surface area (Å²) in [6.45, 7) is 5.10. The van der Waals surface area contributed by atoms with Crippen molar-refractivity contribution in [3.63, 3.8) is 0 Å². The van der Waals surface area contributed by atoms with Gasteiger partial charge in [0, 0.05) is 0 Å². The van der Waals surface area contributed by atoms with E-state index in [1.807, 2.05) is 0 Å². The van der Waals surface area contributed by atoms with Crippen molar-refractivity contribution in [1.82, 2.24) is 10.2 Å². The van der Waals surface area contributed by atoms with E-state index in [1.165, 1.54) is 12.1 Å². The number of nitrogens with zero attached hydrogens (tertiary/aromatic N) is 1. The molecule has 0 unspecified atom stereocenters. The van der Waals surface area contributed by atoms with Crippen LogP contribution in [0.25, 0.3) is 0 Å². The molecular weight excluding hydrogens is 356 g/mol. The minimum atomic E-state index is -1.50. The smallest absolute Gasteiger partial charge is 0.338 e. The van der Waals surface area contributed by atoms with Crippen molar-refractivity contribution in [3.8, 4) is 0 Å². The molecule has 9 heteroatoms. The highest BCUT2D eigenvalue weighted by Gasteiger charge is 2.52. The van der Waals surface area contributed by atoms with E-state index < -0.39 is 42.3 Å². The van der Waals surface area contributed by atoms with Crippen LogP contribution in [0, 0.1) is 0 Å². The van der Waals surface area contributed by atoms with Crippen LogP contribution >= 0.6 is 0 Å². The maximum Gasteiger partial charge on any atom is 0.338 e. The fourth-order valence-corrected chi connectivity index (χ4v) is 3.02. The lowest BCUT2D eigenvalue weighted by Gasteiger charge is -2.38. The van der Waals surface area contributed by atoms with Crippen molar-refractivity contribution in [1.29, 1.82) is 0 Å². The summed E-state index contributed by atoms with van der Waals surface area (Å²) in [5.74, 6) is -2.93. The molecule has 9 nitrogen and oxygen atoms in total. The maximum absolute atomic E-state index is 12.7. The van der Waals surface area contributed by atoms with Gasteiger partial charge in [-0.1, -0.05) is 12.1 Å². The Bertz CT molecular complexity index is 757. The Balaban J connectivity index is 1.94. The first-order chi connectivity index (χ1) is 12.8. The molecule has 144 valence electrons. The molecular formula is C18H20N2O7. The van der Waals surface area contributed by atoms with E-state index in [0.717, 1.165) is 4.90 Å². The van der Waals surface area contributed by atoms with Gasteiger partial charge in [-0.3, -0.25) is 19.3 Å². The van der Waals surface area contributed by atoms with Crippen molar-refractivity contribution in [2.24, 2.45) is 0 Å². The predicted molar refractivity (Wildman–Crippen MR) is 90.4 cm³/mol. The Morgan fingerprint density at radius 3 is 2.30 bits per heavy atom. The van der Waals surface area contributed by atoms with Gasteiger partial charge in [-0.15, -0.1) is 0 Å². The number of rotatable bonds is 5. The Morgan fingerprint density at radius 1 is 1.19 bits per heavy atom. The van der Waals surface area contributed by atoms with Crippen LogP contribution in [-0.4, -0.2) is 59.9 Å². The summed E-state index contributed by atoms with van der Waals surface area (Å²) in [7, 11) is 0. The summed E-state index contributed by atoms with van der Waals surface area (Å²) in [4.78, 5) is 51.3. The molecule has 0 saturated carbocycles. The van der Waals surface area contributed by atoms with Gasteiger partial charge in [0.25, 0.3) is 17.7 Å². The van der Waals surface area contributed by atoms with Crippen LogP contribution in [0.3, 0.4) is 0 Å². The zero-order valence-electron chi connectivity index (χ0n) is 15.1. The fourth-order valence-electron chi connectivity index (χ4n) is 3.02. The molecule has 3 atom stereocenters. The van der Waals surface area contributed by atoms with Crippen LogP contribution in [0.4, 0.5) is 0 Å². The molecule has 3 amide bonds. The fraction of sp³-hybridized carbons (Fsp3) is 0.444. The standard InChI is InChI=1S/C18H20N2O7/c1-4-25-17(24)13-12(14(21)19-18(27-13)26-9(2)3)20-15(22)10-7-5-6-8-11(10)16(20)23/h5-9,12-13,18H,4H2,1-3H3,(H,19,21)/t12-,13+,18+/m0/s1. The molecule has 0 aliphatic carbocycles. The second-order valence-corrected chi connectivity index (χ2v) is 6.30. The van der Waals surface area contributed by atoms with Gasteiger partial charge in [-0.2, -0.15) is 0 Å². The second-order valence-electron chi connectivity index (χ2n) is 6.30. The molecule has 0 spiro atoms. The molecule has 1 aromatic rings. The lowest BCUT2D eigenvalue weighted by Crippen LogP contribution is -2.66. The van der Waals surface area contributed by atoms with Gasteiger partial charge in [0.15, 0.2) is 12.1 Å². The average Bonchev–Trinajstić information content (AvgIpc) is 2.86. The van der Waals surface area contributed by atoms with E-state index in [2.05, 4.69) is 5.32 Å². The topological polar surface area (TPSA) is 111 Å². The molecule has 1 aromatic carbocycles. The van der Waals surface area contributed by atoms with Crippen LogP contribution in [0.15, 0.2) is 24.3 Å². The summed E-state index contributed by atoms with van der Waals surface area (Å²) in [6, 6.07) is 4.70. The van der Waals surface area contributed by atoms with Crippen molar-refractivity contribution >= 4 is 23.7 Å². The van der Waals surface area contributed by atoms with E-state index in [9.17, 15) is 19.2 Å². The highest BCUT2D eigenvalue weighted by Crippen LogP contribution is 2.28. The minimum Gasteiger partial charge on any atom is -0.464 e. The van der Waals surface area contributed by atoms with Gasteiger partial charge >= 0.3 is 5.97 Å². The third kappa shape index (κ3) is 3.43. The summed E-state index contributed by atoms with van der Waals surface area (Å²) in [5.41, 5.74) is 0.330. The van der Waals surface area contributed by atoms with Crippen LogP contribution in [0.5, 0.6) is 0 Å². The Hall–Kier alpha value is -2.78. The van der Waals surface area contributed by atoms with E-state index >= 15 is 0 Å². The number of imide groups is 1. The van der Waals surface area contributed by atoms with Gasteiger partial charge in [0.1, 0.15) is 0 Å². The molecule has 0 bridgehead atoms. The number of fused-ring (bicyclic) bond motifs is 1. The first-order valence-electron chi connectivity index (χ1n) is 8.60. The Morgan fingerprint density at radius 2 is 1.78 bits per heavy atom. The molecule has 2 aliphatic rings. The first kappa shape index (κ1) is 19.0. The molecule has 1 N–H and O–H groups in total. The second kappa shape index (κ2) is 7.45. The zero-order valence-corrected chi connectivity index (χ0v) is 15.1. The monoisotopic (exact) mass is 376 g/mol. The maximum atomic E-state index is 12.7. The van der Waals surface area contributed by atoms with E-state index in [0.29, 0.717) is 0 Å². The largest absolute Gasteiger partial charge is 0.464 e.